The van der Waals surface area contributed by atoms with E-state index in [2.05, 4.69) is 62.5 Å². The van der Waals surface area contributed by atoms with Gasteiger partial charge < -0.3 is 10.2 Å². The van der Waals surface area contributed by atoms with E-state index in [1.54, 1.807) is 12.1 Å². The van der Waals surface area contributed by atoms with Crippen molar-refractivity contribution in [3.63, 3.8) is 0 Å². The van der Waals surface area contributed by atoms with Crippen molar-refractivity contribution in [3.8, 4) is 11.1 Å². The molecule has 1 N–H and O–H groups in total. The van der Waals surface area contributed by atoms with E-state index in [1.165, 1.54) is 43.4 Å². The molecule has 4 heteroatoms. The molecule has 3 aromatic rings. The molecule has 178 valence electrons. The van der Waals surface area contributed by atoms with Crippen LogP contribution in [0.15, 0.2) is 60.7 Å². The molecule has 0 spiro atoms. The smallest absolute Gasteiger partial charge is 0.317 e. The van der Waals surface area contributed by atoms with Gasteiger partial charge in [0.25, 0.3) is 0 Å². The predicted octanol–water partition coefficient (Wildman–Crippen LogP) is 8.17. The highest BCUT2D eigenvalue weighted by atomic mass is 19.1. The van der Waals surface area contributed by atoms with Crippen molar-refractivity contribution in [2.75, 3.05) is 5.32 Å². The minimum Gasteiger partial charge on any atom is -0.317 e. The first-order valence-electron chi connectivity index (χ1n) is 12.4. The van der Waals surface area contributed by atoms with E-state index in [9.17, 15) is 9.18 Å². The van der Waals surface area contributed by atoms with Crippen molar-refractivity contribution in [1.82, 2.24) is 4.90 Å². The number of nitrogens with one attached hydrogen (secondary N) is 1. The third-order valence-electron chi connectivity index (χ3n) is 6.92. The Bertz CT molecular complexity index is 1090. The zero-order valence-electron chi connectivity index (χ0n) is 20.5. The lowest BCUT2D eigenvalue weighted by Gasteiger charge is -2.32. The maximum Gasteiger partial charge on any atom is 0.322 e. The fraction of sp³-hybridized carbons (Fsp3) is 0.367. The fourth-order valence-electron chi connectivity index (χ4n) is 5.13. The Morgan fingerprint density at radius 1 is 0.853 bits per heavy atom. The first kappa shape index (κ1) is 24.0. The molecule has 3 aromatic carbocycles. The maximum absolute atomic E-state index is 13.6. The van der Waals surface area contributed by atoms with Crippen LogP contribution >= 0.6 is 0 Å². The molecule has 0 heterocycles. The van der Waals surface area contributed by atoms with Crippen LogP contribution < -0.4 is 5.32 Å². The second-order valence-corrected chi connectivity index (χ2v) is 9.68. The molecule has 0 atom stereocenters. The van der Waals surface area contributed by atoms with E-state index in [0.29, 0.717) is 6.54 Å². The van der Waals surface area contributed by atoms with Crippen LogP contribution in [0.25, 0.3) is 11.1 Å². The third kappa shape index (κ3) is 5.85. The number of hydrogen-bond acceptors (Lipinski definition) is 1. The van der Waals surface area contributed by atoms with Crippen LogP contribution in [0.2, 0.25) is 0 Å². The lowest BCUT2D eigenvalue weighted by Crippen LogP contribution is -2.42. The molecule has 0 saturated heterocycles. The Morgan fingerprint density at radius 3 is 1.94 bits per heavy atom. The Balaban J connectivity index is 1.56. The number of hydrogen-bond donors (Lipinski definition) is 1. The van der Waals surface area contributed by atoms with Crippen LogP contribution in [0.1, 0.15) is 60.8 Å². The third-order valence-corrected chi connectivity index (χ3v) is 6.92. The van der Waals surface area contributed by atoms with Crippen molar-refractivity contribution >= 4 is 11.7 Å². The average molecular weight is 459 g/mol. The molecule has 4 rings (SSSR count). The number of carbonyl (C=O) groups excluding carboxylic acids is 1. The zero-order valence-corrected chi connectivity index (χ0v) is 20.5. The number of nitrogens with zero attached hydrogens (tertiary/aromatic N) is 1. The van der Waals surface area contributed by atoms with Crippen LogP contribution in [0.3, 0.4) is 0 Å². The molecule has 0 aromatic heterocycles. The largest absolute Gasteiger partial charge is 0.322 e. The van der Waals surface area contributed by atoms with E-state index in [-0.39, 0.29) is 17.9 Å². The summed E-state index contributed by atoms with van der Waals surface area (Å²) in [6.45, 7) is 6.77. The number of amides is 2. The van der Waals surface area contributed by atoms with Crippen LogP contribution in [-0.2, 0) is 6.54 Å². The minimum atomic E-state index is -0.232. The quantitative estimate of drug-likeness (QED) is 0.384. The summed E-state index contributed by atoms with van der Waals surface area (Å²) in [5.41, 5.74) is 7.43. The molecule has 0 bridgehead atoms. The molecule has 3 nitrogen and oxygen atoms in total. The molecular weight excluding hydrogens is 423 g/mol. The molecule has 0 radical (unpaired) electrons. The fourth-order valence-corrected chi connectivity index (χ4v) is 5.13. The van der Waals surface area contributed by atoms with Crippen LogP contribution in [-0.4, -0.2) is 17.0 Å². The molecule has 2 amide bonds. The van der Waals surface area contributed by atoms with Crippen LogP contribution in [0, 0.1) is 26.6 Å². The van der Waals surface area contributed by atoms with Gasteiger partial charge in [-0.25, -0.2) is 9.18 Å². The minimum absolute atomic E-state index is 0.0236. The monoisotopic (exact) mass is 458 g/mol. The maximum atomic E-state index is 13.6. The second-order valence-electron chi connectivity index (χ2n) is 9.68. The van der Waals surface area contributed by atoms with Crippen molar-refractivity contribution in [1.29, 1.82) is 0 Å². The first-order chi connectivity index (χ1) is 16.4. The van der Waals surface area contributed by atoms with Gasteiger partial charge in [0.15, 0.2) is 0 Å². The summed E-state index contributed by atoms with van der Waals surface area (Å²) in [7, 11) is 0. The van der Waals surface area contributed by atoms with Crippen molar-refractivity contribution in [3.05, 3.63) is 88.7 Å². The summed E-state index contributed by atoms with van der Waals surface area (Å²) >= 11 is 0. The van der Waals surface area contributed by atoms with Gasteiger partial charge in [-0.05, 0) is 73.6 Å². The number of halogens is 1. The summed E-state index contributed by atoms with van der Waals surface area (Å²) in [6.07, 6.45) is 6.92. The summed E-state index contributed by atoms with van der Waals surface area (Å²) < 4.78 is 13.3. The van der Waals surface area contributed by atoms with E-state index in [1.807, 2.05) is 4.90 Å². The number of benzene rings is 3. The van der Waals surface area contributed by atoms with Gasteiger partial charge in [-0.1, -0.05) is 79.8 Å². The lowest BCUT2D eigenvalue weighted by molar-refractivity contribution is 0.175. The topological polar surface area (TPSA) is 32.3 Å². The molecule has 1 saturated carbocycles. The van der Waals surface area contributed by atoms with Gasteiger partial charge in [-0.3, -0.25) is 0 Å². The number of rotatable bonds is 5. The van der Waals surface area contributed by atoms with Gasteiger partial charge in [0.1, 0.15) is 5.82 Å². The summed E-state index contributed by atoms with van der Waals surface area (Å²) in [5.74, 6) is -0.232. The molecule has 0 aliphatic heterocycles. The van der Waals surface area contributed by atoms with Crippen molar-refractivity contribution in [2.45, 2.75) is 71.9 Å². The molecular formula is C30H35FN2O. The SMILES string of the molecule is Cc1cc(C)c(NC(=O)N(Cc2ccc(-c3ccc(F)cc3)cc2)C2CCCCCC2)c(C)c1. The van der Waals surface area contributed by atoms with E-state index in [4.69, 9.17) is 0 Å². The van der Waals surface area contributed by atoms with Gasteiger partial charge in [-0.2, -0.15) is 0 Å². The van der Waals surface area contributed by atoms with E-state index < -0.39 is 0 Å². The number of aryl methyl sites for hydroxylation is 3. The lowest BCUT2D eigenvalue weighted by atomic mass is 10.0. The average Bonchev–Trinajstić information content (AvgIpc) is 3.10. The highest BCUT2D eigenvalue weighted by Crippen LogP contribution is 2.28. The van der Waals surface area contributed by atoms with Gasteiger partial charge in [0, 0.05) is 18.3 Å². The molecule has 34 heavy (non-hydrogen) atoms. The molecule has 0 unspecified atom stereocenters. The normalized spacial score (nSPS) is 14.5. The van der Waals surface area contributed by atoms with Gasteiger partial charge in [0.2, 0.25) is 0 Å². The Labute approximate surface area is 203 Å². The first-order valence-corrected chi connectivity index (χ1v) is 12.4. The highest BCUT2D eigenvalue weighted by molar-refractivity contribution is 5.91. The summed E-state index contributed by atoms with van der Waals surface area (Å²) in [4.78, 5) is 15.7. The predicted molar refractivity (Wildman–Crippen MR) is 139 cm³/mol. The molecule has 1 aliphatic rings. The second kappa shape index (κ2) is 10.9. The highest BCUT2D eigenvalue weighted by Gasteiger charge is 2.25. The van der Waals surface area contributed by atoms with E-state index in [0.717, 1.165) is 46.3 Å². The van der Waals surface area contributed by atoms with Crippen molar-refractivity contribution < 1.29 is 9.18 Å². The summed E-state index contributed by atoms with van der Waals surface area (Å²) in [5, 5.41) is 3.24. The number of urea groups is 1. The van der Waals surface area contributed by atoms with Gasteiger partial charge in [0.05, 0.1) is 0 Å². The standard InChI is InChI=1S/C30H35FN2O/c1-21-18-22(2)29(23(3)19-21)32-30(34)33(28-8-6-4-5-7-9-28)20-24-10-12-25(13-11-24)26-14-16-27(31)17-15-26/h10-19,28H,4-9,20H2,1-3H3,(H,32,34). The number of anilines is 1. The number of carbonyl (C=O) groups is 1. The Hall–Kier alpha value is -3.14. The Kier molecular flexibility index (Phi) is 7.66. The Morgan fingerprint density at radius 2 is 1.38 bits per heavy atom. The molecule has 1 fully saturated rings. The molecule has 1 aliphatic carbocycles. The zero-order chi connectivity index (χ0) is 24.1. The summed E-state index contributed by atoms with van der Waals surface area (Å²) in [6, 6.07) is 19.3. The van der Waals surface area contributed by atoms with Crippen molar-refractivity contribution in [2.24, 2.45) is 0 Å². The van der Waals surface area contributed by atoms with Gasteiger partial charge >= 0.3 is 6.03 Å². The van der Waals surface area contributed by atoms with Crippen LogP contribution in [0.5, 0.6) is 0 Å². The van der Waals surface area contributed by atoms with E-state index >= 15 is 0 Å². The van der Waals surface area contributed by atoms with Gasteiger partial charge in [-0.15, -0.1) is 0 Å². The van der Waals surface area contributed by atoms with Crippen LogP contribution in [0.4, 0.5) is 14.9 Å².